The van der Waals surface area contributed by atoms with Gasteiger partial charge in [0.15, 0.2) is 0 Å². The van der Waals surface area contributed by atoms with Gasteiger partial charge in [0.25, 0.3) is 5.91 Å². The number of benzene rings is 2. The molecule has 2 heterocycles. The summed E-state index contributed by atoms with van der Waals surface area (Å²) in [5.41, 5.74) is 3.55. The Morgan fingerprint density at radius 1 is 1.12 bits per heavy atom. The van der Waals surface area contributed by atoms with Crippen LogP contribution in [0, 0.1) is 5.92 Å². The Kier molecular flexibility index (Phi) is 3.64. The molecule has 0 aliphatic carbocycles. The van der Waals surface area contributed by atoms with Gasteiger partial charge in [-0.25, -0.2) is 0 Å². The summed E-state index contributed by atoms with van der Waals surface area (Å²) in [6.45, 7) is 2.25. The van der Waals surface area contributed by atoms with E-state index in [0.29, 0.717) is 11.8 Å². The average Bonchev–Trinajstić information content (AvgIpc) is 3.01. The summed E-state index contributed by atoms with van der Waals surface area (Å²) < 4.78 is 5.43. The van der Waals surface area contributed by atoms with Gasteiger partial charge >= 0.3 is 0 Å². The van der Waals surface area contributed by atoms with Gasteiger partial charge in [-0.1, -0.05) is 43.3 Å². The van der Waals surface area contributed by atoms with Crippen molar-refractivity contribution in [2.45, 2.75) is 25.3 Å². The van der Waals surface area contributed by atoms with Gasteiger partial charge in [0, 0.05) is 11.8 Å². The molecule has 0 radical (unpaired) electrons. The number of nitrogens with zero attached hydrogens (tertiary/aromatic N) is 1. The van der Waals surface area contributed by atoms with Crippen LogP contribution in [0.1, 0.15) is 24.0 Å². The highest BCUT2D eigenvalue weighted by atomic mass is 16.5. The van der Waals surface area contributed by atoms with Crippen LogP contribution in [0.15, 0.2) is 60.7 Å². The third-order valence-corrected chi connectivity index (χ3v) is 5.34. The van der Waals surface area contributed by atoms with Crippen LogP contribution in [-0.4, -0.2) is 19.1 Å². The molecule has 2 aliphatic heterocycles. The van der Waals surface area contributed by atoms with Gasteiger partial charge in [0.2, 0.25) is 0 Å². The number of methoxy groups -OCH3 is 1. The van der Waals surface area contributed by atoms with Gasteiger partial charge < -0.3 is 9.64 Å². The molecule has 0 bridgehead atoms. The van der Waals surface area contributed by atoms with E-state index in [1.54, 1.807) is 13.2 Å². The number of amides is 1. The number of anilines is 1. The summed E-state index contributed by atoms with van der Waals surface area (Å²) in [5, 5.41) is 0. The molecule has 122 valence electrons. The second-order valence-electron chi connectivity index (χ2n) is 6.64. The maximum atomic E-state index is 12.3. The van der Waals surface area contributed by atoms with Crippen LogP contribution in [0.2, 0.25) is 0 Å². The van der Waals surface area contributed by atoms with Crippen LogP contribution in [0.5, 0.6) is 5.75 Å². The van der Waals surface area contributed by atoms with E-state index in [4.69, 9.17) is 4.74 Å². The van der Waals surface area contributed by atoms with E-state index in [9.17, 15) is 4.79 Å². The van der Waals surface area contributed by atoms with Gasteiger partial charge in [-0.05, 0) is 47.6 Å². The van der Waals surface area contributed by atoms with Crippen molar-refractivity contribution in [3.8, 4) is 5.75 Å². The molecule has 0 spiro atoms. The normalized spacial score (nSPS) is 24.7. The maximum absolute atomic E-state index is 12.3. The standard InChI is InChI=1S/C21H21NO2/c1-14-17(12-15-6-4-3-5-7-15)18-13-16(24-2)8-9-20(18)22-19(14)10-11-21(22)23/h3-11,13-14,17,19H,12H2,1-2H3/t14-,17-,19+/m0/s1. The smallest absolute Gasteiger partial charge is 0.251 e. The maximum Gasteiger partial charge on any atom is 0.251 e. The highest BCUT2D eigenvalue weighted by Gasteiger charge is 2.42. The predicted octanol–water partition coefficient (Wildman–Crippen LogP) is 3.94. The fourth-order valence-electron chi connectivity index (χ4n) is 4.04. The minimum Gasteiger partial charge on any atom is -0.497 e. The van der Waals surface area contributed by atoms with Gasteiger partial charge in [0.05, 0.1) is 13.2 Å². The Hall–Kier alpha value is -2.55. The molecule has 2 aromatic carbocycles. The van der Waals surface area contributed by atoms with Crippen LogP contribution in [0.4, 0.5) is 5.69 Å². The van der Waals surface area contributed by atoms with Gasteiger partial charge in [-0.15, -0.1) is 0 Å². The van der Waals surface area contributed by atoms with Crippen molar-refractivity contribution in [2.24, 2.45) is 5.92 Å². The predicted molar refractivity (Wildman–Crippen MR) is 95.5 cm³/mol. The molecular weight excluding hydrogens is 298 g/mol. The Morgan fingerprint density at radius 2 is 1.92 bits per heavy atom. The Morgan fingerprint density at radius 3 is 2.67 bits per heavy atom. The third-order valence-electron chi connectivity index (χ3n) is 5.34. The van der Waals surface area contributed by atoms with E-state index in [1.807, 2.05) is 23.1 Å². The molecule has 3 heteroatoms. The van der Waals surface area contributed by atoms with Crippen molar-refractivity contribution >= 4 is 11.6 Å². The molecule has 0 aromatic heterocycles. The molecule has 0 N–H and O–H groups in total. The van der Waals surface area contributed by atoms with E-state index >= 15 is 0 Å². The minimum atomic E-state index is 0.0800. The summed E-state index contributed by atoms with van der Waals surface area (Å²) in [4.78, 5) is 14.3. The molecule has 0 saturated heterocycles. The van der Waals surface area contributed by atoms with Crippen LogP contribution in [0.25, 0.3) is 0 Å². The molecule has 1 amide bonds. The molecule has 0 fully saturated rings. The quantitative estimate of drug-likeness (QED) is 0.857. The summed E-state index contributed by atoms with van der Waals surface area (Å²) in [5.74, 6) is 1.63. The molecule has 3 nitrogen and oxygen atoms in total. The lowest BCUT2D eigenvalue weighted by Gasteiger charge is -2.42. The van der Waals surface area contributed by atoms with Gasteiger partial charge in [0.1, 0.15) is 5.75 Å². The van der Waals surface area contributed by atoms with Crippen LogP contribution in [-0.2, 0) is 11.2 Å². The zero-order valence-electron chi connectivity index (χ0n) is 14.0. The van der Waals surface area contributed by atoms with Crippen molar-refractivity contribution in [1.82, 2.24) is 0 Å². The fraction of sp³-hybridized carbons (Fsp3) is 0.286. The molecule has 4 rings (SSSR count). The van der Waals surface area contributed by atoms with E-state index in [-0.39, 0.29) is 11.9 Å². The molecule has 3 atom stereocenters. The fourth-order valence-corrected chi connectivity index (χ4v) is 4.04. The highest BCUT2D eigenvalue weighted by Crippen LogP contribution is 2.46. The number of carbonyl (C=O) groups is 1. The van der Waals surface area contributed by atoms with Crippen molar-refractivity contribution in [1.29, 1.82) is 0 Å². The highest BCUT2D eigenvalue weighted by molar-refractivity contribution is 6.06. The van der Waals surface area contributed by atoms with Gasteiger partial charge in [-0.3, -0.25) is 4.79 Å². The summed E-state index contributed by atoms with van der Waals surface area (Å²) in [6.07, 6.45) is 4.73. The van der Waals surface area contributed by atoms with Gasteiger partial charge in [-0.2, -0.15) is 0 Å². The van der Waals surface area contributed by atoms with E-state index in [0.717, 1.165) is 17.9 Å². The van der Waals surface area contributed by atoms with Crippen molar-refractivity contribution in [2.75, 3.05) is 12.0 Å². The van der Waals surface area contributed by atoms with Crippen molar-refractivity contribution in [3.63, 3.8) is 0 Å². The van der Waals surface area contributed by atoms with Crippen molar-refractivity contribution < 1.29 is 9.53 Å². The number of fused-ring (bicyclic) bond motifs is 3. The van der Waals surface area contributed by atoms with E-state index in [2.05, 4.69) is 43.3 Å². The van der Waals surface area contributed by atoms with E-state index in [1.165, 1.54) is 11.1 Å². The Bertz CT molecular complexity index is 797. The topological polar surface area (TPSA) is 29.5 Å². The first-order valence-electron chi connectivity index (χ1n) is 8.42. The molecule has 2 aromatic rings. The van der Waals surface area contributed by atoms with Crippen LogP contribution in [0.3, 0.4) is 0 Å². The lowest BCUT2D eigenvalue weighted by Crippen LogP contribution is -2.45. The summed E-state index contributed by atoms with van der Waals surface area (Å²) >= 11 is 0. The molecule has 0 saturated carbocycles. The molecule has 24 heavy (non-hydrogen) atoms. The molecule has 0 unspecified atom stereocenters. The zero-order chi connectivity index (χ0) is 16.7. The third kappa shape index (κ3) is 2.32. The number of carbonyl (C=O) groups excluding carboxylic acids is 1. The number of hydrogen-bond acceptors (Lipinski definition) is 2. The van der Waals surface area contributed by atoms with Crippen molar-refractivity contribution in [3.05, 3.63) is 71.8 Å². The first-order valence-corrected chi connectivity index (χ1v) is 8.42. The number of hydrogen-bond donors (Lipinski definition) is 0. The van der Waals surface area contributed by atoms with Crippen LogP contribution >= 0.6 is 0 Å². The van der Waals surface area contributed by atoms with Crippen LogP contribution < -0.4 is 9.64 Å². The first kappa shape index (κ1) is 15.0. The summed E-state index contributed by atoms with van der Waals surface area (Å²) in [7, 11) is 1.69. The SMILES string of the molecule is COc1ccc2c(c1)[C@@H](Cc1ccccc1)[C@H](C)[C@H]1C=CC(=O)N21. The second-order valence-corrected chi connectivity index (χ2v) is 6.64. The number of rotatable bonds is 3. The Balaban J connectivity index is 1.81. The minimum absolute atomic E-state index is 0.0800. The number of ether oxygens (including phenoxy) is 1. The lowest BCUT2D eigenvalue weighted by molar-refractivity contribution is -0.114. The monoisotopic (exact) mass is 319 g/mol. The first-order chi connectivity index (χ1) is 11.7. The molecule has 2 aliphatic rings. The summed E-state index contributed by atoms with van der Waals surface area (Å²) in [6, 6.07) is 16.8. The zero-order valence-corrected chi connectivity index (χ0v) is 14.0. The lowest BCUT2D eigenvalue weighted by atomic mass is 9.75. The second kappa shape index (κ2) is 5.82. The molecular formula is C21H21NO2. The average molecular weight is 319 g/mol. The van der Waals surface area contributed by atoms with E-state index < -0.39 is 0 Å². The Labute approximate surface area is 142 Å². The largest absolute Gasteiger partial charge is 0.497 e.